The number of nitrogens with two attached hydrogens (primary N) is 1. The first kappa shape index (κ1) is 10.9. The molecule has 4 N–H and O–H groups in total. The van der Waals surface area contributed by atoms with Crippen LogP contribution in [0.25, 0.3) is 0 Å². The molecule has 0 saturated heterocycles. The van der Waals surface area contributed by atoms with Crippen molar-refractivity contribution in [3.8, 4) is 0 Å². The van der Waals surface area contributed by atoms with Crippen LogP contribution in [0, 0.1) is 5.82 Å². The predicted octanol–water partition coefficient (Wildman–Crippen LogP) is 1.43. The Balaban J connectivity index is 2.10. The van der Waals surface area contributed by atoms with E-state index in [9.17, 15) is 9.18 Å². The number of halogens is 1. The van der Waals surface area contributed by atoms with Gasteiger partial charge in [-0.25, -0.2) is 9.18 Å². The summed E-state index contributed by atoms with van der Waals surface area (Å²) in [7, 11) is 0. The molecule has 0 bridgehead atoms. The van der Waals surface area contributed by atoms with E-state index >= 15 is 0 Å². The monoisotopic (exact) mass is 224 g/mol. The molecule has 5 heteroatoms. The molecule has 0 heterocycles. The Hall–Kier alpha value is -1.62. The van der Waals surface area contributed by atoms with Crippen molar-refractivity contribution in [3.05, 3.63) is 29.6 Å². The zero-order valence-electron chi connectivity index (χ0n) is 8.61. The first-order chi connectivity index (χ1) is 7.56. The molecule has 0 amide bonds. The van der Waals surface area contributed by atoms with E-state index in [-0.39, 0.29) is 17.6 Å². The Morgan fingerprint density at radius 3 is 2.75 bits per heavy atom. The van der Waals surface area contributed by atoms with Crippen molar-refractivity contribution in [1.82, 2.24) is 0 Å². The molecular weight excluding hydrogens is 211 g/mol. The molecule has 1 aromatic rings. The first-order valence-corrected chi connectivity index (χ1v) is 5.11. The molecule has 86 valence electrons. The zero-order chi connectivity index (χ0) is 11.7. The fraction of sp³-hybridized carbons (Fsp3) is 0.364. The third-order valence-electron chi connectivity index (χ3n) is 2.74. The molecule has 1 saturated carbocycles. The quantitative estimate of drug-likeness (QED) is 0.726. The van der Waals surface area contributed by atoms with Gasteiger partial charge in [0.1, 0.15) is 5.82 Å². The highest BCUT2D eigenvalue weighted by Gasteiger charge is 2.25. The third-order valence-corrected chi connectivity index (χ3v) is 2.74. The number of carbonyl (C=O) groups is 1. The SMILES string of the molecule is NC1CC(Nc2ccc(F)c(C(=O)O)c2)C1. The van der Waals surface area contributed by atoms with Gasteiger partial charge in [0.25, 0.3) is 0 Å². The number of aromatic carboxylic acids is 1. The van der Waals surface area contributed by atoms with Crippen molar-refractivity contribution in [2.45, 2.75) is 24.9 Å². The van der Waals surface area contributed by atoms with E-state index in [2.05, 4.69) is 5.32 Å². The van der Waals surface area contributed by atoms with Gasteiger partial charge in [-0.05, 0) is 31.0 Å². The number of rotatable bonds is 3. The molecule has 1 aliphatic rings. The Labute approximate surface area is 92.3 Å². The van der Waals surface area contributed by atoms with Crippen LogP contribution < -0.4 is 11.1 Å². The summed E-state index contributed by atoms with van der Waals surface area (Å²) in [4.78, 5) is 10.7. The highest BCUT2D eigenvalue weighted by molar-refractivity contribution is 5.89. The summed E-state index contributed by atoms with van der Waals surface area (Å²) >= 11 is 0. The van der Waals surface area contributed by atoms with Crippen LogP contribution in [0.3, 0.4) is 0 Å². The maximum absolute atomic E-state index is 13.1. The van der Waals surface area contributed by atoms with Crippen molar-refractivity contribution in [1.29, 1.82) is 0 Å². The predicted molar refractivity (Wildman–Crippen MR) is 58.0 cm³/mol. The van der Waals surface area contributed by atoms with Crippen LogP contribution in [-0.2, 0) is 0 Å². The molecule has 4 nitrogen and oxygen atoms in total. The summed E-state index contributed by atoms with van der Waals surface area (Å²) in [6.07, 6.45) is 1.72. The van der Waals surface area contributed by atoms with Crippen molar-refractivity contribution in [2.75, 3.05) is 5.32 Å². The lowest BCUT2D eigenvalue weighted by molar-refractivity contribution is 0.0692. The Kier molecular flexibility index (Phi) is 2.78. The van der Waals surface area contributed by atoms with Crippen molar-refractivity contribution in [3.63, 3.8) is 0 Å². The van der Waals surface area contributed by atoms with E-state index in [4.69, 9.17) is 10.8 Å². The Morgan fingerprint density at radius 1 is 1.50 bits per heavy atom. The van der Waals surface area contributed by atoms with Gasteiger partial charge in [-0.1, -0.05) is 0 Å². The Bertz CT molecular complexity index is 416. The lowest BCUT2D eigenvalue weighted by atomic mass is 9.87. The van der Waals surface area contributed by atoms with Gasteiger partial charge >= 0.3 is 5.97 Å². The maximum atomic E-state index is 13.1. The van der Waals surface area contributed by atoms with Crippen LogP contribution in [0.4, 0.5) is 10.1 Å². The van der Waals surface area contributed by atoms with Gasteiger partial charge in [-0.3, -0.25) is 0 Å². The number of nitrogens with one attached hydrogen (secondary N) is 1. The second kappa shape index (κ2) is 4.09. The van der Waals surface area contributed by atoms with Crippen molar-refractivity contribution in [2.24, 2.45) is 5.73 Å². The van der Waals surface area contributed by atoms with E-state index in [0.29, 0.717) is 5.69 Å². The molecule has 0 atom stereocenters. The summed E-state index contributed by atoms with van der Waals surface area (Å²) < 4.78 is 13.1. The minimum absolute atomic E-state index is 0.219. The first-order valence-electron chi connectivity index (χ1n) is 5.11. The molecule has 0 unspecified atom stereocenters. The van der Waals surface area contributed by atoms with Crippen molar-refractivity contribution < 1.29 is 14.3 Å². The number of hydrogen-bond donors (Lipinski definition) is 3. The molecular formula is C11H13FN2O2. The average Bonchev–Trinajstić information content (AvgIpc) is 2.18. The normalized spacial score (nSPS) is 23.6. The second-order valence-electron chi connectivity index (χ2n) is 4.07. The fourth-order valence-electron chi connectivity index (χ4n) is 1.79. The highest BCUT2D eigenvalue weighted by Crippen LogP contribution is 2.23. The molecule has 0 spiro atoms. The lowest BCUT2D eigenvalue weighted by Gasteiger charge is -2.33. The molecule has 1 fully saturated rings. The molecule has 2 rings (SSSR count). The Morgan fingerprint density at radius 2 is 2.19 bits per heavy atom. The molecule has 0 aromatic heterocycles. The number of benzene rings is 1. The van der Waals surface area contributed by atoms with Crippen LogP contribution in [0.1, 0.15) is 23.2 Å². The van der Waals surface area contributed by atoms with Gasteiger partial charge in [-0.2, -0.15) is 0 Å². The minimum Gasteiger partial charge on any atom is -0.478 e. The van der Waals surface area contributed by atoms with Crippen LogP contribution in [0.15, 0.2) is 18.2 Å². The van der Waals surface area contributed by atoms with Gasteiger partial charge in [-0.15, -0.1) is 0 Å². The molecule has 0 aliphatic heterocycles. The van der Waals surface area contributed by atoms with E-state index in [0.717, 1.165) is 18.9 Å². The smallest absolute Gasteiger partial charge is 0.338 e. The van der Waals surface area contributed by atoms with Crippen LogP contribution in [0.2, 0.25) is 0 Å². The van der Waals surface area contributed by atoms with E-state index < -0.39 is 11.8 Å². The molecule has 1 aromatic carbocycles. The highest BCUT2D eigenvalue weighted by atomic mass is 19.1. The van der Waals surface area contributed by atoms with E-state index in [1.165, 1.54) is 12.1 Å². The maximum Gasteiger partial charge on any atom is 0.338 e. The number of carboxylic acid groups (broad SMARTS) is 1. The van der Waals surface area contributed by atoms with Crippen molar-refractivity contribution >= 4 is 11.7 Å². The van der Waals surface area contributed by atoms with Gasteiger partial charge in [0, 0.05) is 17.8 Å². The van der Waals surface area contributed by atoms with Gasteiger partial charge < -0.3 is 16.2 Å². The molecule has 0 radical (unpaired) electrons. The van der Waals surface area contributed by atoms with Crippen LogP contribution >= 0.6 is 0 Å². The summed E-state index contributed by atoms with van der Waals surface area (Å²) in [6.45, 7) is 0. The minimum atomic E-state index is -1.26. The summed E-state index contributed by atoms with van der Waals surface area (Å²) in [5.74, 6) is -1.98. The summed E-state index contributed by atoms with van der Waals surface area (Å²) in [5.41, 5.74) is 5.94. The lowest BCUT2D eigenvalue weighted by Crippen LogP contribution is -2.44. The molecule has 1 aliphatic carbocycles. The zero-order valence-corrected chi connectivity index (χ0v) is 8.61. The number of hydrogen-bond acceptors (Lipinski definition) is 3. The third kappa shape index (κ3) is 2.14. The molecule has 16 heavy (non-hydrogen) atoms. The van der Waals surface area contributed by atoms with Crippen LogP contribution in [0.5, 0.6) is 0 Å². The fourth-order valence-corrected chi connectivity index (χ4v) is 1.79. The second-order valence-corrected chi connectivity index (χ2v) is 4.07. The van der Waals surface area contributed by atoms with Crippen LogP contribution in [-0.4, -0.2) is 23.2 Å². The van der Waals surface area contributed by atoms with Gasteiger partial charge in [0.2, 0.25) is 0 Å². The topological polar surface area (TPSA) is 75.3 Å². The average molecular weight is 224 g/mol. The number of carboxylic acids is 1. The van der Waals surface area contributed by atoms with Gasteiger partial charge in [0.05, 0.1) is 5.56 Å². The van der Waals surface area contributed by atoms with E-state index in [1.807, 2.05) is 0 Å². The standard InChI is InChI=1S/C11H13FN2O2/c12-10-2-1-7(5-9(10)11(15)16)14-8-3-6(13)4-8/h1-2,5-6,8,14H,3-4,13H2,(H,15,16). The summed E-state index contributed by atoms with van der Waals surface area (Å²) in [6, 6.07) is 4.48. The van der Waals surface area contributed by atoms with Gasteiger partial charge in [0.15, 0.2) is 0 Å². The summed E-state index contributed by atoms with van der Waals surface area (Å²) in [5, 5.41) is 11.9. The largest absolute Gasteiger partial charge is 0.478 e. The number of anilines is 1. The van der Waals surface area contributed by atoms with E-state index in [1.54, 1.807) is 0 Å².